The Bertz CT molecular complexity index is 376. The SMILES string of the molecule is CCCCOC(=O)C(C)(O)C(Cl)c1ccccc1. The molecule has 1 rings (SSSR count). The van der Waals surface area contributed by atoms with Crippen LogP contribution in [0.2, 0.25) is 0 Å². The summed E-state index contributed by atoms with van der Waals surface area (Å²) in [5, 5.41) is 9.37. The molecule has 0 bridgehead atoms. The van der Waals surface area contributed by atoms with Gasteiger partial charge in [0.05, 0.1) is 12.0 Å². The van der Waals surface area contributed by atoms with Gasteiger partial charge >= 0.3 is 5.97 Å². The average Bonchev–Trinajstić information content (AvgIpc) is 2.39. The Labute approximate surface area is 113 Å². The van der Waals surface area contributed by atoms with Gasteiger partial charge in [-0.1, -0.05) is 43.7 Å². The summed E-state index contributed by atoms with van der Waals surface area (Å²) < 4.78 is 5.02. The third-order valence-electron chi connectivity index (χ3n) is 2.73. The van der Waals surface area contributed by atoms with Crippen LogP contribution in [-0.2, 0) is 9.53 Å². The summed E-state index contributed by atoms with van der Waals surface area (Å²) in [7, 11) is 0. The summed E-state index contributed by atoms with van der Waals surface area (Å²) in [5.41, 5.74) is -1.03. The highest BCUT2D eigenvalue weighted by Gasteiger charge is 2.40. The van der Waals surface area contributed by atoms with Crippen LogP contribution in [-0.4, -0.2) is 23.3 Å². The van der Waals surface area contributed by atoms with E-state index in [1.807, 2.05) is 25.1 Å². The zero-order valence-corrected chi connectivity index (χ0v) is 11.5. The number of aliphatic hydroxyl groups is 1. The molecule has 1 aromatic rings. The standard InChI is InChI=1S/C14H19ClO3/c1-3-4-10-18-13(16)14(2,17)12(15)11-8-6-5-7-9-11/h5-9,12,17H,3-4,10H2,1-2H3. The summed E-state index contributed by atoms with van der Waals surface area (Å²) in [5.74, 6) is -0.681. The van der Waals surface area contributed by atoms with Crippen LogP contribution in [0.15, 0.2) is 30.3 Å². The predicted molar refractivity (Wildman–Crippen MR) is 71.5 cm³/mol. The first kappa shape index (κ1) is 15.0. The maximum Gasteiger partial charge on any atom is 0.339 e. The van der Waals surface area contributed by atoms with Gasteiger partial charge in [0.2, 0.25) is 0 Å². The van der Waals surface area contributed by atoms with Crippen LogP contribution in [0.4, 0.5) is 0 Å². The zero-order chi connectivity index (χ0) is 13.6. The summed E-state index contributed by atoms with van der Waals surface area (Å²) in [4.78, 5) is 11.8. The number of alkyl halides is 1. The number of hydrogen-bond acceptors (Lipinski definition) is 3. The molecule has 0 fully saturated rings. The minimum atomic E-state index is -1.73. The predicted octanol–water partition coefficient (Wildman–Crippen LogP) is 3.06. The molecular formula is C14H19ClO3. The van der Waals surface area contributed by atoms with Crippen LogP contribution in [0.1, 0.15) is 37.6 Å². The van der Waals surface area contributed by atoms with E-state index < -0.39 is 16.9 Å². The van der Waals surface area contributed by atoms with Crippen molar-refractivity contribution in [1.29, 1.82) is 0 Å². The van der Waals surface area contributed by atoms with Gasteiger partial charge in [-0.3, -0.25) is 0 Å². The smallest absolute Gasteiger partial charge is 0.339 e. The molecule has 0 aliphatic rings. The van der Waals surface area contributed by atoms with Crippen LogP contribution in [0.3, 0.4) is 0 Å². The quantitative estimate of drug-likeness (QED) is 0.491. The molecule has 18 heavy (non-hydrogen) atoms. The molecule has 0 radical (unpaired) electrons. The van der Waals surface area contributed by atoms with E-state index in [9.17, 15) is 9.90 Å². The fourth-order valence-corrected chi connectivity index (χ4v) is 1.74. The van der Waals surface area contributed by atoms with Gasteiger partial charge in [0.1, 0.15) is 0 Å². The lowest BCUT2D eigenvalue weighted by molar-refractivity contribution is -0.164. The van der Waals surface area contributed by atoms with Gasteiger partial charge in [0.25, 0.3) is 0 Å². The van der Waals surface area contributed by atoms with Crippen molar-refractivity contribution in [3.05, 3.63) is 35.9 Å². The number of carbonyl (C=O) groups is 1. The van der Waals surface area contributed by atoms with Crippen LogP contribution in [0.5, 0.6) is 0 Å². The topological polar surface area (TPSA) is 46.5 Å². The number of hydrogen-bond donors (Lipinski definition) is 1. The van der Waals surface area contributed by atoms with E-state index in [1.54, 1.807) is 12.1 Å². The highest BCUT2D eigenvalue weighted by molar-refractivity contribution is 6.23. The Morgan fingerprint density at radius 1 is 1.44 bits per heavy atom. The maximum absolute atomic E-state index is 11.8. The fourth-order valence-electron chi connectivity index (χ4n) is 1.51. The number of benzene rings is 1. The first-order valence-corrected chi connectivity index (χ1v) is 6.52. The Morgan fingerprint density at radius 2 is 2.06 bits per heavy atom. The molecular weight excluding hydrogens is 252 g/mol. The number of carbonyl (C=O) groups excluding carboxylic acids is 1. The number of halogens is 1. The molecule has 2 unspecified atom stereocenters. The van der Waals surface area contributed by atoms with Gasteiger partial charge in [0.15, 0.2) is 5.60 Å². The van der Waals surface area contributed by atoms with Crippen LogP contribution in [0, 0.1) is 0 Å². The summed E-state index contributed by atoms with van der Waals surface area (Å²) in [6.07, 6.45) is 1.71. The monoisotopic (exact) mass is 270 g/mol. The third-order valence-corrected chi connectivity index (χ3v) is 3.41. The van der Waals surface area contributed by atoms with Crippen LogP contribution in [0.25, 0.3) is 0 Å². The normalized spacial score (nSPS) is 15.8. The van der Waals surface area contributed by atoms with E-state index >= 15 is 0 Å². The zero-order valence-electron chi connectivity index (χ0n) is 10.7. The second-order valence-corrected chi connectivity index (χ2v) is 4.85. The molecule has 2 atom stereocenters. The fraction of sp³-hybridized carbons (Fsp3) is 0.500. The summed E-state index contributed by atoms with van der Waals surface area (Å²) in [6, 6.07) is 9.00. The van der Waals surface area contributed by atoms with Crippen molar-refractivity contribution in [3.63, 3.8) is 0 Å². The lowest BCUT2D eigenvalue weighted by Crippen LogP contribution is -2.41. The van der Waals surface area contributed by atoms with Crippen molar-refractivity contribution in [2.24, 2.45) is 0 Å². The molecule has 0 aliphatic carbocycles. The molecule has 0 spiro atoms. The molecule has 4 heteroatoms. The van der Waals surface area contributed by atoms with Gasteiger partial charge in [0, 0.05) is 0 Å². The van der Waals surface area contributed by atoms with E-state index in [4.69, 9.17) is 16.3 Å². The molecule has 0 heterocycles. The summed E-state index contributed by atoms with van der Waals surface area (Å²) >= 11 is 6.15. The lowest BCUT2D eigenvalue weighted by Gasteiger charge is -2.26. The minimum Gasteiger partial charge on any atom is -0.464 e. The highest BCUT2D eigenvalue weighted by atomic mass is 35.5. The van der Waals surface area contributed by atoms with E-state index in [0.717, 1.165) is 12.8 Å². The van der Waals surface area contributed by atoms with Crippen LogP contribution < -0.4 is 0 Å². The third kappa shape index (κ3) is 3.72. The molecule has 1 aromatic carbocycles. The van der Waals surface area contributed by atoms with E-state index in [0.29, 0.717) is 12.2 Å². The van der Waals surface area contributed by atoms with Crippen molar-refractivity contribution in [3.8, 4) is 0 Å². The number of unbranched alkanes of at least 4 members (excludes halogenated alkanes) is 1. The number of ether oxygens (including phenoxy) is 1. The van der Waals surface area contributed by atoms with E-state index in [1.165, 1.54) is 6.92 Å². The second kappa shape index (κ2) is 6.76. The maximum atomic E-state index is 11.8. The van der Waals surface area contributed by atoms with Gasteiger partial charge in [-0.2, -0.15) is 0 Å². The van der Waals surface area contributed by atoms with Crippen molar-refractivity contribution in [2.45, 2.75) is 37.7 Å². The molecule has 0 aliphatic heterocycles. The highest BCUT2D eigenvalue weighted by Crippen LogP contribution is 2.33. The Kier molecular flexibility index (Phi) is 5.63. The largest absolute Gasteiger partial charge is 0.464 e. The van der Waals surface area contributed by atoms with Crippen molar-refractivity contribution in [1.82, 2.24) is 0 Å². The summed E-state index contributed by atoms with van der Waals surface area (Å²) in [6.45, 7) is 3.69. The van der Waals surface area contributed by atoms with Gasteiger partial charge in [-0.25, -0.2) is 4.79 Å². The molecule has 0 saturated heterocycles. The van der Waals surface area contributed by atoms with Gasteiger partial charge < -0.3 is 9.84 Å². The second-order valence-electron chi connectivity index (χ2n) is 4.41. The first-order valence-electron chi connectivity index (χ1n) is 6.08. The number of esters is 1. The Balaban J connectivity index is 2.70. The molecule has 3 nitrogen and oxygen atoms in total. The van der Waals surface area contributed by atoms with Crippen molar-refractivity contribution >= 4 is 17.6 Å². The van der Waals surface area contributed by atoms with Gasteiger partial charge in [-0.05, 0) is 18.9 Å². The van der Waals surface area contributed by atoms with Crippen molar-refractivity contribution in [2.75, 3.05) is 6.61 Å². The minimum absolute atomic E-state index is 0.309. The Morgan fingerprint density at radius 3 is 2.61 bits per heavy atom. The van der Waals surface area contributed by atoms with Crippen LogP contribution >= 0.6 is 11.6 Å². The first-order chi connectivity index (χ1) is 8.50. The Hall–Kier alpha value is -1.06. The van der Waals surface area contributed by atoms with E-state index in [2.05, 4.69) is 0 Å². The van der Waals surface area contributed by atoms with Gasteiger partial charge in [-0.15, -0.1) is 11.6 Å². The van der Waals surface area contributed by atoms with E-state index in [-0.39, 0.29) is 0 Å². The molecule has 0 amide bonds. The molecule has 0 saturated carbocycles. The molecule has 0 aromatic heterocycles. The lowest BCUT2D eigenvalue weighted by atomic mass is 9.96. The average molecular weight is 271 g/mol. The molecule has 1 N–H and O–H groups in total. The molecule has 100 valence electrons. The van der Waals surface area contributed by atoms with Crippen molar-refractivity contribution < 1.29 is 14.6 Å². The number of rotatable bonds is 6.